The van der Waals surface area contributed by atoms with Gasteiger partial charge >= 0.3 is 0 Å². The monoisotopic (exact) mass is 413 g/mol. The largest absolute Gasteiger partial charge is 0.493 e. The maximum Gasteiger partial charge on any atom is 0.234 e. The molecule has 3 aromatic rings. The van der Waals surface area contributed by atoms with Crippen LogP contribution in [-0.4, -0.2) is 45.6 Å². The van der Waals surface area contributed by atoms with Gasteiger partial charge in [-0.1, -0.05) is 18.7 Å². The van der Waals surface area contributed by atoms with E-state index in [-0.39, 0.29) is 11.7 Å². The van der Waals surface area contributed by atoms with Gasteiger partial charge in [-0.25, -0.2) is 0 Å². The van der Waals surface area contributed by atoms with Gasteiger partial charge in [-0.05, 0) is 30.7 Å². The van der Waals surface area contributed by atoms with Gasteiger partial charge in [0.2, 0.25) is 5.91 Å². The zero-order valence-corrected chi connectivity index (χ0v) is 17.4. The van der Waals surface area contributed by atoms with E-state index in [1.54, 1.807) is 44.8 Å². The minimum atomic E-state index is -0.140. The number of amides is 1. The predicted octanol–water partition coefficient (Wildman–Crippen LogP) is 3.50. The number of hydrogen-bond donors (Lipinski definition) is 1. The number of aromatic nitrogens is 4. The second-order valence-corrected chi connectivity index (χ2v) is 7.04. The van der Waals surface area contributed by atoms with Crippen molar-refractivity contribution < 1.29 is 14.3 Å². The van der Waals surface area contributed by atoms with Gasteiger partial charge in [-0.15, -0.1) is 10.2 Å². The van der Waals surface area contributed by atoms with E-state index in [0.717, 1.165) is 24.4 Å². The van der Waals surface area contributed by atoms with Crippen LogP contribution < -0.4 is 14.8 Å². The fraction of sp³-hybridized carbons (Fsp3) is 0.300. The molecular formula is C20H23N5O3S. The number of benzene rings is 1. The molecule has 0 saturated heterocycles. The summed E-state index contributed by atoms with van der Waals surface area (Å²) in [6.45, 7) is 2.86. The van der Waals surface area contributed by atoms with Crippen molar-refractivity contribution in [2.24, 2.45) is 0 Å². The average Bonchev–Trinajstić information content (AvgIpc) is 3.15. The summed E-state index contributed by atoms with van der Waals surface area (Å²) in [5, 5.41) is 12.2. The Kier molecular flexibility index (Phi) is 7.07. The van der Waals surface area contributed by atoms with Crippen LogP contribution in [0, 0.1) is 0 Å². The average molecular weight is 414 g/mol. The normalized spacial score (nSPS) is 10.6. The third-order valence-electron chi connectivity index (χ3n) is 4.10. The number of hydrogen-bond acceptors (Lipinski definition) is 7. The lowest BCUT2D eigenvalue weighted by Gasteiger charge is -2.11. The Balaban J connectivity index is 1.68. The van der Waals surface area contributed by atoms with Gasteiger partial charge < -0.3 is 19.4 Å². The molecule has 29 heavy (non-hydrogen) atoms. The molecule has 0 saturated carbocycles. The Morgan fingerprint density at radius 1 is 1.10 bits per heavy atom. The Hall–Kier alpha value is -3.07. The SMILES string of the molecule is CCCn1c(SCC(=O)Nc2ccc(OC)c(OC)c2)nnc1-c1ccncc1. The number of thioether (sulfide) groups is 1. The Labute approximate surface area is 173 Å². The minimum absolute atomic E-state index is 0.140. The van der Waals surface area contributed by atoms with E-state index in [2.05, 4.69) is 27.4 Å². The van der Waals surface area contributed by atoms with Crippen molar-refractivity contribution in [3.8, 4) is 22.9 Å². The van der Waals surface area contributed by atoms with Gasteiger partial charge in [0.15, 0.2) is 22.5 Å². The van der Waals surface area contributed by atoms with Gasteiger partial charge in [0.1, 0.15) is 0 Å². The van der Waals surface area contributed by atoms with Gasteiger partial charge in [0, 0.05) is 36.3 Å². The summed E-state index contributed by atoms with van der Waals surface area (Å²) in [6.07, 6.45) is 4.38. The standard InChI is InChI=1S/C20H23N5O3S/c1-4-11-25-19(14-7-9-21-10-8-14)23-24-20(25)29-13-18(26)22-15-5-6-16(27-2)17(12-15)28-3/h5-10,12H,4,11,13H2,1-3H3,(H,22,26). The molecule has 9 heteroatoms. The highest BCUT2D eigenvalue weighted by molar-refractivity contribution is 7.99. The summed E-state index contributed by atoms with van der Waals surface area (Å²) < 4.78 is 12.5. The maximum absolute atomic E-state index is 12.4. The molecule has 0 bridgehead atoms. The molecule has 0 spiro atoms. The Morgan fingerprint density at radius 3 is 2.55 bits per heavy atom. The van der Waals surface area contributed by atoms with Gasteiger partial charge in [0.25, 0.3) is 0 Å². The number of carbonyl (C=O) groups is 1. The molecule has 0 unspecified atom stereocenters. The first-order valence-corrected chi connectivity index (χ1v) is 10.1. The smallest absolute Gasteiger partial charge is 0.234 e. The second kappa shape index (κ2) is 9.92. The summed E-state index contributed by atoms with van der Waals surface area (Å²) in [5.41, 5.74) is 1.59. The molecule has 1 aromatic carbocycles. The number of carbonyl (C=O) groups excluding carboxylic acids is 1. The zero-order valence-electron chi connectivity index (χ0n) is 16.6. The van der Waals surface area contributed by atoms with Crippen molar-refractivity contribution in [2.75, 3.05) is 25.3 Å². The van der Waals surface area contributed by atoms with Crippen LogP contribution in [0.3, 0.4) is 0 Å². The molecule has 0 fully saturated rings. The molecule has 1 amide bonds. The van der Waals surface area contributed by atoms with Crippen molar-refractivity contribution in [3.63, 3.8) is 0 Å². The first kappa shape index (κ1) is 20.7. The van der Waals surface area contributed by atoms with Gasteiger partial charge in [-0.3, -0.25) is 9.78 Å². The molecule has 8 nitrogen and oxygen atoms in total. The summed E-state index contributed by atoms with van der Waals surface area (Å²) >= 11 is 1.35. The van der Waals surface area contributed by atoms with Gasteiger partial charge in [-0.2, -0.15) is 0 Å². The second-order valence-electron chi connectivity index (χ2n) is 6.10. The molecule has 0 aliphatic rings. The molecule has 2 aromatic heterocycles. The number of pyridine rings is 1. The number of nitrogens with one attached hydrogen (secondary N) is 1. The number of anilines is 1. The molecule has 1 N–H and O–H groups in total. The summed E-state index contributed by atoms with van der Waals surface area (Å²) in [6, 6.07) is 9.04. The zero-order chi connectivity index (χ0) is 20.6. The van der Waals surface area contributed by atoms with Crippen LogP contribution in [-0.2, 0) is 11.3 Å². The van der Waals surface area contributed by atoms with Crippen molar-refractivity contribution in [1.82, 2.24) is 19.7 Å². The Bertz CT molecular complexity index is 962. The molecule has 0 atom stereocenters. The first-order valence-electron chi connectivity index (χ1n) is 9.14. The van der Waals surface area contributed by atoms with Crippen molar-refractivity contribution >= 4 is 23.4 Å². The first-order chi connectivity index (χ1) is 14.2. The number of methoxy groups -OCH3 is 2. The fourth-order valence-corrected chi connectivity index (χ4v) is 3.54. The minimum Gasteiger partial charge on any atom is -0.493 e. The lowest BCUT2D eigenvalue weighted by molar-refractivity contribution is -0.113. The predicted molar refractivity (Wildman–Crippen MR) is 112 cm³/mol. The van der Waals surface area contributed by atoms with Crippen molar-refractivity contribution in [1.29, 1.82) is 0 Å². The number of ether oxygens (including phenoxy) is 2. The van der Waals surface area contributed by atoms with E-state index in [9.17, 15) is 4.79 Å². The molecule has 0 radical (unpaired) electrons. The van der Waals surface area contributed by atoms with Crippen molar-refractivity contribution in [2.45, 2.75) is 25.0 Å². The molecular weight excluding hydrogens is 390 g/mol. The van der Waals surface area contributed by atoms with Crippen molar-refractivity contribution in [3.05, 3.63) is 42.7 Å². The number of nitrogens with zero attached hydrogens (tertiary/aromatic N) is 4. The van der Waals surface area contributed by atoms with Crippen LogP contribution in [0.25, 0.3) is 11.4 Å². The Morgan fingerprint density at radius 2 is 1.86 bits per heavy atom. The molecule has 152 valence electrons. The van der Waals surface area contributed by atoms with E-state index in [1.807, 2.05) is 16.7 Å². The van der Waals surface area contributed by atoms with Crippen LogP contribution in [0.5, 0.6) is 11.5 Å². The highest BCUT2D eigenvalue weighted by Gasteiger charge is 2.15. The summed E-state index contributed by atoms with van der Waals surface area (Å²) in [7, 11) is 3.12. The summed E-state index contributed by atoms with van der Waals surface area (Å²) in [5.74, 6) is 2.02. The van der Waals surface area contributed by atoms with Crippen LogP contribution >= 0.6 is 11.8 Å². The van der Waals surface area contributed by atoms with Crippen LogP contribution in [0.2, 0.25) is 0 Å². The van der Waals surface area contributed by atoms with E-state index >= 15 is 0 Å². The quantitative estimate of drug-likeness (QED) is 0.537. The van der Waals surface area contributed by atoms with Crippen LogP contribution in [0.4, 0.5) is 5.69 Å². The lowest BCUT2D eigenvalue weighted by atomic mass is 10.2. The number of rotatable bonds is 9. The lowest BCUT2D eigenvalue weighted by Crippen LogP contribution is -2.15. The molecule has 0 aliphatic heterocycles. The summed E-state index contributed by atoms with van der Waals surface area (Å²) in [4.78, 5) is 16.5. The molecule has 0 aliphatic carbocycles. The third kappa shape index (κ3) is 5.05. The maximum atomic E-state index is 12.4. The van der Waals surface area contributed by atoms with E-state index in [4.69, 9.17) is 9.47 Å². The van der Waals surface area contributed by atoms with Crippen LogP contribution in [0.1, 0.15) is 13.3 Å². The van der Waals surface area contributed by atoms with E-state index < -0.39 is 0 Å². The van der Waals surface area contributed by atoms with Gasteiger partial charge in [0.05, 0.1) is 20.0 Å². The van der Waals surface area contributed by atoms with Crippen LogP contribution in [0.15, 0.2) is 47.9 Å². The van der Waals surface area contributed by atoms with E-state index in [1.165, 1.54) is 11.8 Å². The highest BCUT2D eigenvalue weighted by atomic mass is 32.2. The molecule has 3 rings (SSSR count). The highest BCUT2D eigenvalue weighted by Crippen LogP contribution is 2.30. The fourth-order valence-electron chi connectivity index (χ4n) is 2.78. The topological polar surface area (TPSA) is 91.2 Å². The molecule has 2 heterocycles. The van der Waals surface area contributed by atoms with E-state index in [0.29, 0.717) is 22.3 Å². The third-order valence-corrected chi connectivity index (χ3v) is 5.07.